The number of fused-ring (bicyclic) bond motifs is 1. The molecule has 3 rings (SSSR count). The lowest BCUT2D eigenvalue weighted by Gasteiger charge is -2.51. The Morgan fingerprint density at radius 1 is 1.09 bits per heavy atom. The van der Waals surface area contributed by atoms with E-state index >= 15 is 0 Å². The molecular formula is C21H39N3O5SSi2. The van der Waals surface area contributed by atoms with Gasteiger partial charge < -0.3 is 23.8 Å². The summed E-state index contributed by atoms with van der Waals surface area (Å²) >= 11 is 1.52. The zero-order valence-electron chi connectivity index (χ0n) is 20.4. The highest BCUT2D eigenvalue weighted by Gasteiger charge is 2.61. The van der Waals surface area contributed by atoms with Crippen molar-refractivity contribution < 1.29 is 18.1 Å². The van der Waals surface area contributed by atoms with Crippen LogP contribution in [0.15, 0.2) is 17.1 Å². The van der Waals surface area contributed by atoms with E-state index in [1.807, 2.05) is 0 Å². The molecule has 0 amide bonds. The van der Waals surface area contributed by atoms with Crippen molar-refractivity contribution in [2.45, 2.75) is 100 Å². The summed E-state index contributed by atoms with van der Waals surface area (Å²) in [6, 6.07) is 1.58. The van der Waals surface area contributed by atoms with Gasteiger partial charge in [0.25, 0.3) is 0 Å². The van der Waals surface area contributed by atoms with Gasteiger partial charge in [-0.05, 0) is 28.2 Å². The van der Waals surface area contributed by atoms with E-state index in [1.165, 1.54) is 16.3 Å². The summed E-state index contributed by atoms with van der Waals surface area (Å²) in [5.74, 6) is 0.165. The third kappa shape index (κ3) is 4.37. The zero-order valence-corrected chi connectivity index (χ0v) is 23.3. The van der Waals surface area contributed by atoms with Crippen LogP contribution in [0.1, 0.15) is 60.8 Å². The van der Waals surface area contributed by atoms with E-state index in [9.17, 15) is 9.90 Å². The second-order valence-corrected chi connectivity index (χ2v) is 20.4. The number of anilines is 1. The lowest BCUT2D eigenvalue weighted by Crippen LogP contribution is -2.65. The molecule has 3 heterocycles. The van der Waals surface area contributed by atoms with Gasteiger partial charge >= 0.3 is 22.8 Å². The van der Waals surface area contributed by atoms with Crippen molar-refractivity contribution in [1.82, 2.24) is 9.55 Å². The highest BCUT2D eigenvalue weighted by atomic mass is 32.2. The maximum atomic E-state index is 12.5. The van der Waals surface area contributed by atoms with Gasteiger partial charge in [-0.3, -0.25) is 4.57 Å². The fraction of sp³-hybridized carbons (Fsp3) is 0.810. The molecule has 1 aromatic rings. The van der Waals surface area contributed by atoms with Crippen LogP contribution < -0.4 is 11.4 Å². The van der Waals surface area contributed by atoms with Crippen molar-refractivity contribution in [3.63, 3.8) is 0 Å². The van der Waals surface area contributed by atoms with Crippen molar-refractivity contribution in [1.29, 1.82) is 0 Å². The topological polar surface area (TPSA) is 109 Å². The maximum absolute atomic E-state index is 12.5. The van der Waals surface area contributed by atoms with Crippen molar-refractivity contribution in [2.24, 2.45) is 0 Å². The van der Waals surface area contributed by atoms with Gasteiger partial charge in [0, 0.05) is 6.20 Å². The summed E-state index contributed by atoms with van der Waals surface area (Å²) in [7, 11) is -5.46. The number of nitrogens with zero attached hydrogens (tertiary/aromatic N) is 2. The molecule has 4 atom stereocenters. The monoisotopic (exact) mass is 501 g/mol. The molecule has 2 saturated heterocycles. The molecule has 2 aliphatic heterocycles. The van der Waals surface area contributed by atoms with Gasteiger partial charge in [-0.25, -0.2) is 4.79 Å². The van der Waals surface area contributed by atoms with Crippen molar-refractivity contribution in [2.75, 3.05) is 12.3 Å². The third-order valence-corrected chi connectivity index (χ3v) is 18.6. The van der Waals surface area contributed by atoms with Crippen LogP contribution in [0.25, 0.3) is 0 Å². The zero-order chi connectivity index (χ0) is 24.0. The fourth-order valence-corrected chi connectivity index (χ4v) is 17.9. The van der Waals surface area contributed by atoms with Crippen LogP contribution in [-0.4, -0.2) is 55.8 Å². The number of aliphatic hydroxyl groups is 1. The number of aliphatic hydroxyl groups excluding tert-OH is 1. The molecule has 0 unspecified atom stereocenters. The lowest BCUT2D eigenvalue weighted by molar-refractivity contribution is -0.00912. The van der Waals surface area contributed by atoms with Crippen molar-refractivity contribution in [3.05, 3.63) is 22.7 Å². The van der Waals surface area contributed by atoms with E-state index in [0.717, 1.165) is 0 Å². The Balaban J connectivity index is 2.07. The molecule has 0 bridgehead atoms. The molecule has 0 spiro atoms. The van der Waals surface area contributed by atoms with E-state index in [0.29, 0.717) is 6.61 Å². The highest BCUT2D eigenvalue weighted by molar-refractivity contribution is 8.00. The molecule has 32 heavy (non-hydrogen) atoms. The molecule has 2 aliphatic rings. The SMILES string of the molecule is CC(C)[Si]1(C(C)C)OC[C@H]2S[C@@H](n3ccc(N)nc3=O)[C@H](O)[C@@H]2O[Si](C(C)C)(C(C)C)O1. The summed E-state index contributed by atoms with van der Waals surface area (Å²) in [6.07, 6.45) is 0.216. The number of rotatable bonds is 5. The molecule has 0 aromatic carbocycles. The first-order valence-corrected chi connectivity index (χ1v) is 16.4. The van der Waals surface area contributed by atoms with Gasteiger partial charge in [0.05, 0.1) is 18.0 Å². The number of aromatic nitrogens is 2. The van der Waals surface area contributed by atoms with Crippen LogP contribution in [0.2, 0.25) is 22.2 Å². The number of thioether (sulfide) groups is 1. The second kappa shape index (κ2) is 9.51. The molecule has 0 radical (unpaired) electrons. The average molecular weight is 502 g/mol. The Kier molecular flexibility index (Phi) is 7.70. The fourth-order valence-electron chi connectivity index (χ4n) is 4.99. The van der Waals surface area contributed by atoms with E-state index in [1.54, 1.807) is 12.3 Å². The van der Waals surface area contributed by atoms with Gasteiger partial charge in [-0.15, -0.1) is 11.8 Å². The summed E-state index contributed by atoms with van der Waals surface area (Å²) < 4.78 is 22.3. The first kappa shape index (κ1) is 25.9. The largest absolute Gasteiger partial charge is 0.414 e. The Hall–Kier alpha value is -0.696. The van der Waals surface area contributed by atoms with Crippen LogP contribution in [0.3, 0.4) is 0 Å². The summed E-state index contributed by atoms with van der Waals surface area (Å²) in [6.45, 7) is 17.8. The van der Waals surface area contributed by atoms with Crippen LogP contribution >= 0.6 is 11.8 Å². The quantitative estimate of drug-likeness (QED) is 0.587. The Bertz CT molecular complexity index is 850. The highest BCUT2D eigenvalue weighted by Crippen LogP contribution is 2.51. The Morgan fingerprint density at radius 2 is 1.66 bits per heavy atom. The normalized spacial score (nSPS) is 30.0. The Morgan fingerprint density at radius 3 is 2.16 bits per heavy atom. The maximum Gasteiger partial charge on any atom is 0.350 e. The van der Waals surface area contributed by atoms with E-state index < -0.39 is 40.4 Å². The van der Waals surface area contributed by atoms with Crippen LogP contribution in [0.5, 0.6) is 0 Å². The molecule has 0 aliphatic carbocycles. The smallest absolute Gasteiger partial charge is 0.350 e. The van der Waals surface area contributed by atoms with Gasteiger partial charge in [0.1, 0.15) is 17.3 Å². The standard InChI is InChI=1S/C21H39N3O5SSi2/c1-12(2)31(13(3)4)27-11-16-19(28-32(29-31,14(5)6)15(7)8)18(25)20(30-16)24-10-9-17(22)23-21(24)26/h9-10,12-16,18-20,25H,11H2,1-8H3,(H2,22,23,26)/t16-,18-,19-,20-/m1/s1. The minimum atomic E-state index is -2.82. The molecule has 2 fully saturated rings. The second-order valence-electron chi connectivity index (χ2n) is 10.2. The molecule has 8 nitrogen and oxygen atoms in total. The van der Waals surface area contributed by atoms with E-state index in [-0.39, 0.29) is 33.2 Å². The molecular weight excluding hydrogens is 462 g/mol. The summed E-state index contributed by atoms with van der Waals surface area (Å²) in [5.41, 5.74) is 6.04. The number of nitrogen functional groups attached to an aromatic ring is 1. The minimum Gasteiger partial charge on any atom is -0.414 e. The molecule has 11 heteroatoms. The van der Waals surface area contributed by atoms with Gasteiger partial charge in [0.15, 0.2) is 0 Å². The molecule has 3 N–H and O–H groups in total. The molecule has 0 saturated carbocycles. The van der Waals surface area contributed by atoms with Gasteiger partial charge in [-0.1, -0.05) is 55.4 Å². The van der Waals surface area contributed by atoms with Crippen molar-refractivity contribution >= 4 is 34.7 Å². The Labute approximate surface area is 197 Å². The predicted molar refractivity (Wildman–Crippen MR) is 133 cm³/mol. The minimum absolute atomic E-state index is 0.114. The summed E-state index contributed by atoms with van der Waals surface area (Å²) in [5, 5.41) is 10.7. The number of hydrogen-bond donors (Lipinski definition) is 2. The first-order chi connectivity index (χ1) is 14.9. The molecule has 1 aromatic heterocycles. The van der Waals surface area contributed by atoms with Crippen LogP contribution in [0, 0.1) is 0 Å². The first-order valence-electron chi connectivity index (χ1n) is 11.6. The van der Waals surface area contributed by atoms with Crippen LogP contribution in [-0.2, 0) is 13.0 Å². The molecule has 182 valence electrons. The number of hydrogen-bond acceptors (Lipinski definition) is 8. The third-order valence-electron chi connectivity index (χ3n) is 6.77. The summed E-state index contributed by atoms with van der Waals surface area (Å²) in [4.78, 5) is 16.3. The van der Waals surface area contributed by atoms with Crippen molar-refractivity contribution in [3.8, 4) is 0 Å². The van der Waals surface area contributed by atoms with E-state index in [4.69, 9.17) is 18.7 Å². The predicted octanol–water partition coefficient (Wildman–Crippen LogP) is 3.76. The number of nitrogens with two attached hydrogens (primary N) is 1. The van der Waals surface area contributed by atoms with Crippen LogP contribution in [0.4, 0.5) is 5.82 Å². The van der Waals surface area contributed by atoms with Gasteiger partial charge in [-0.2, -0.15) is 4.98 Å². The van der Waals surface area contributed by atoms with E-state index in [2.05, 4.69) is 60.4 Å². The average Bonchev–Trinajstić information content (AvgIpc) is 2.96. The lowest BCUT2D eigenvalue weighted by atomic mass is 10.1. The van der Waals surface area contributed by atoms with Gasteiger partial charge in [0.2, 0.25) is 0 Å².